The summed E-state index contributed by atoms with van der Waals surface area (Å²) in [5.41, 5.74) is 8.26. The summed E-state index contributed by atoms with van der Waals surface area (Å²) in [7, 11) is 0. The molecular weight excluding hydrogens is 244 g/mol. The van der Waals surface area contributed by atoms with Crippen molar-refractivity contribution in [1.82, 2.24) is 0 Å². The first-order chi connectivity index (χ1) is 8.40. The number of amides is 1. The number of thioether (sulfide) groups is 1. The third kappa shape index (κ3) is 4.61. The van der Waals surface area contributed by atoms with E-state index in [-0.39, 0.29) is 5.91 Å². The number of carbonyl (C=O) groups excluding carboxylic acids is 1. The Morgan fingerprint density at radius 2 is 2.06 bits per heavy atom. The molecule has 0 spiro atoms. The van der Waals surface area contributed by atoms with Crippen molar-refractivity contribution in [3.63, 3.8) is 0 Å². The zero-order valence-corrected chi connectivity index (χ0v) is 12.3. The second-order valence-corrected chi connectivity index (χ2v) is 6.26. The van der Waals surface area contributed by atoms with E-state index in [0.717, 1.165) is 5.56 Å². The number of carbonyl (C=O) groups is 1. The van der Waals surface area contributed by atoms with Crippen molar-refractivity contribution in [2.75, 3.05) is 16.8 Å². The summed E-state index contributed by atoms with van der Waals surface area (Å²) in [6.45, 7) is 8.44. The van der Waals surface area contributed by atoms with Crippen molar-refractivity contribution in [1.29, 1.82) is 0 Å². The van der Waals surface area contributed by atoms with E-state index in [1.807, 2.05) is 25.1 Å². The van der Waals surface area contributed by atoms with Crippen LogP contribution in [0.1, 0.15) is 26.3 Å². The molecule has 0 bridgehead atoms. The van der Waals surface area contributed by atoms with Gasteiger partial charge in [-0.15, -0.1) is 11.8 Å². The van der Waals surface area contributed by atoms with Crippen LogP contribution in [0.15, 0.2) is 18.2 Å². The molecule has 0 heterocycles. The van der Waals surface area contributed by atoms with Crippen molar-refractivity contribution >= 4 is 29.0 Å². The van der Waals surface area contributed by atoms with E-state index in [1.54, 1.807) is 11.8 Å². The van der Waals surface area contributed by atoms with Crippen molar-refractivity contribution in [3.8, 4) is 0 Å². The van der Waals surface area contributed by atoms with Crippen molar-refractivity contribution in [3.05, 3.63) is 23.8 Å². The van der Waals surface area contributed by atoms with E-state index in [1.165, 1.54) is 0 Å². The molecule has 1 amide bonds. The molecule has 0 radical (unpaired) electrons. The van der Waals surface area contributed by atoms with Gasteiger partial charge in [0.15, 0.2) is 0 Å². The fourth-order valence-electron chi connectivity index (χ4n) is 1.38. The molecule has 1 atom stereocenters. The lowest BCUT2D eigenvalue weighted by Crippen LogP contribution is -2.18. The van der Waals surface area contributed by atoms with Crippen LogP contribution in [0, 0.1) is 12.8 Å². The van der Waals surface area contributed by atoms with Crippen LogP contribution < -0.4 is 11.1 Å². The lowest BCUT2D eigenvalue weighted by atomic mass is 10.2. The maximum Gasteiger partial charge on any atom is 0.234 e. The number of aryl methyl sites for hydroxylation is 1. The van der Waals surface area contributed by atoms with E-state index in [2.05, 4.69) is 26.1 Å². The van der Waals surface area contributed by atoms with Crippen LogP contribution in [0.4, 0.5) is 11.4 Å². The number of hydrogen-bond acceptors (Lipinski definition) is 3. The van der Waals surface area contributed by atoms with E-state index in [4.69, 9.17) is 5.73 Å². The quantitative estimate of drug-likeness (QED) is 0.804. The van der Waals surface area contributed by atoms with Crippen LogP contribution in [0.3, 0.4) is 0 Å². The molecule has 0 aliphatic carbocycles. The van der Waals surface area contributed by atoms with E-state index < -0.39 is 0 Å². The summed E-state index contributed by atoms with van der Waals surface area (Å²) in [5, 5.41) is 3.32. The Kier molecular flexibility index (Phi) is 5.54. The number of anilines is 2. The maximum absolute atomic E-state index is 11.8. The van der Waals surface area contributed by atoms with Crippen LogP contribution >= 0.6 is 11.8 Å². The highest BCUT2D eigenvalue weighted by Gasteiger charge is 2.11. The Morgan fingerprint density at radius 3 is 2.61 bits per heavy atom. The summed E-state index contributed by atoms with van der Waals surface area (Å²) in [5.74, 6) is 1.04. The van der Waals surface area contributed by atoms with Gasteiger partial charge in [-0.25, -0.2) is 0 Å². The fourth-order valence-corrected chi connectivity index (χ4v) is 2.25. The summed E-state index contributed by atoms with van der Waals surface area (Å²) in [4.78, 5) is 11.8. The topological polar surface area (TPSA) is 55.1 Å². The Hall–Kier alpha value is -1.16. The molecule has 18 heavy (non-hydrogen) atoms. The van der Waals surface area contributed by atoms with Gasteiger partial charge >= 0.3 is 0 Å². The molecule has 1 unspecified atom stereocenters. The number of rotatable bonds is 5. The van der Waals surface area contributed by atoms with Crippen LogP contribution in [-0.4, -0.2) is 16.9 Å². The van der Waals surface area contributed by atoms with E-state index >= 15 is 0 Å². The van der Waals surface area contributed by atoms with Gasteiger partial charge in [-0.05, 0) is 30.5 Å². The minimum absolute atomic E-state index is 0.00283. The lowest BCUT2D eigenvalue weighted by Gasteiger charge is -2.15. The normalized spacial score (nSPS) is 12.5. The lowest BCUT2D eigenvalue weighted by molar-refractivity contribution is -0.113. The molecule has 0 aromatic heterocycles. The number of nitrogens with one attached hydrogen (secondary N) is 1. The van der Waals surface area contributed by atoms with Crippen molar-refractivity contribution in [2.24, 2.45) is 5.92 Å². The Labute approximate surface area is 114 Å². The van der Waals surface area contributed by atoms with Gasteiger partial charge in [0.1, 0.15) is 0 Å². The minimum atomic E-state index is 0.00283. The van der Waals surface area contributed by atoms with Crippen LogP contribution in [-0.2, 0) is 4.79 Å². The molecule has 0 aliphatic heterocycles. The average molecular weight is 266 g/mol. The SMILES string of the molecule is Cc1ccc(NC(=O)CSC(C)C(C)C)c(N)c1. The summed E-state index contributed by atoms with van der Waals surface area (Å²) < 4.78 is 0. The second kappa shape index (κ2) is 6.69. The highest BCUT2D eigenvalue weighted by atomic mass is 32.2. The molecule has 0 aliphatic rings. The predicted octanol–water partition coefficient (Wildman–Crippen LogP) is 3.29. The maximum atomic E-state index is 11.8. The third-order valence-corrected chi connectivity index (χ3v) is 4.40. The van der Waals surface area contributed by atoms with Gasteiger partial charge in [-0.3, -0.25) is 4.79 Å². The minimum Gasteiger partial charge on any atom is -0.397 e. The van der Waals surface area contributed by atoms with Gasteiger partial charge in [-0.2, -0.15) is 0 Å². The summed E-state index contributed by atoms with van der Waals surface area (Å²) in [6, 6.07) is 5.65. The molecular formula is C14H22N2OS. The zero-order valence-electron chi connectivity index (χ0n) is 11.5. The molecule has 0 saturated heterocycles. The first-order valence-electron chi connectivity index (χ1n) is 6.17. The smallest absolute Gasteiger partial charge is 0.234 e. The zero-order chi connectivity index (χ0) is 13.7. The van der Waals surface area contributed by atoms with Gasteiger partial charge < -0.3 is 11.1 Å². The summed E-state index contributed by atoms with van der Waals surface area (Å²) >= 11 is 1.67. The second-order valence-electron chi connectivity index (χ2n) is 4.90. The molecule has 1 aromatic rings. The van der Waals surface area contributed by atoms with Gasteiger partial charge in [0.05, 0.1) is 17.1 Å². The monoisotopic (exact) mass is 266 g/mol. The van der Waals surface area contributed by atoms with Gasteiger partial charge in [0.25, 0.3) is 0 Å². The Balaban J connectivity index is 2.50. The molecule has 0 fully saturated rings. The molecule has 3 nitrogen and oxygen atoms in total. The number of benzene rings is 1. The highest BCUT2D eigenvalue weighted by Crippen LogP contribution is 2.21. The Bertz CT molecular complexity index is 418. The summed E-state index contributed by atoms with van der Waals surface area (Å²) in [6.07, 6.45) is 0. The predicted molar refractivity (Wildman–Crippen MR) is 81.0 cm³/mol. The average Bonchev–Trinajstić information content (AvgIpc) is 2.29. The molecule has 3 N–H and O–H groups in total. The first-order valence-corrected chi connectivity index (χ1v) is 7.22. The highest BCUT2D eigenvalue weighted by molar-refractivity contribution is 8.00. The molecule has 1 aromatic carbocycles. The van der Waals surface area contributed by atoms with Crippen LogP contribution in [0.2, 0.25) is 0 Å². The fraction of sp³-hybridized carbons (Fsp3) is 0.500. The molecule has 0 saturated carbocycles. The largest absolute Gasteiger partial charge is 0.397 e. The van der Waals surface area contributed by atoms with Crippen LogP contribution in [0.5, 0.6) is 0 Å². The van der Waals surface area contributed by atoms with Gasteiger partial charge in [-0.1, -0.05) is 26.8 Å². The van der Waals surface area contributed by atoms with Gasteiger partial charge in [0.2, 0.25) is 5.91 Å². The van der Waals surface area contributed by atoms with Crippen molar-refractivity contribution in [2.45, 2.75) is 32.9 Å². The van der Waals surface area contributed by atoms with E-state index in [0.29, 0.717) is 28.3 Å². The third-order valence-electron chi connectivity index (χ3n) is 2.90. The van der Waals surface area contributed by atoms with E-state index in [9.17, 15) is 4.79 Å². The first kappa shape index (κ1) is 14.9. The van der Waals surface area contributed by atoms with Crippen molar-refractivity contribution < 1.29 is 4.79 Å². The van der Waals surface area contributed by atoms with Gasteiger partial charge in [0, 0.05) is 5.25 Å². The standard InChI is InChI=1S/C14H22N2OS/c1-9(2)11(4)18-8-14(17)16-13-6-5-10(3)7-12(13)15/h5-7,9,11H,8,15H2,1-4H3,(H,16,17). The molecule has 1 rings (SSSR count). The van der Waals surface area contributed by atoms with Crippen LogP contribution in [0.25, 0.3) is 0 Å². The number of hydrogen-bond donors (Lipinski definition) is 2. The number of nitrogen functional groups attached to an aromatic ring is 1. The molecule has 4 heteroatoms. The number of nitrogens with two attached hydrogens (primary N) is 1. The Morgan fingerprint density at radius 1 is 1.39 bits per heavy atom. The molecule has 100 valence electrons.